The summed E-state index contributed by atoms with van der Waals surface area (Å²) in [7, 11) is 1.66. The first-order chi connectivity index (χ1) is 8.45. The highest BCUT2D eigenvalue weighted by Gasteiger charge is 2.35. The number of nitrogens with zero attached hydrogens (tertiary/aromatic N) is 3. The molecule has 7 heteroatoms. The van der Waals surface area contributed by atoms with Crippen molar-refractivity contribution in [3.8, 4) is 0 Å². The van der Waals surface area contributed by atoms with E-state index in [9.17, 15) is 15.0 Å². The minimum Gasteiger partial charge on any atom is -0.395 e. The molecule has 0 aromatic carbocycles. The number of likely N-dealkylation sites (tertiary alicyclic amines) is 1. The van der Waals surface area contributed by atoms with Crippen molar-refractivity contribution in [3.05, 3.63) is 11.4 Å². The second-order valence-corrected chi connectivity index (χ2v) is 4.53. The number of aliphatic hydroxyl groups excluding tert-OH is 2. The monoisotopic (exact) mass is 254 g/mol. The molecule has 0 saturated carbocycles. The molecule has 0 bridgehead atoms. The lowest BCUT2D eigenvalue weighted by atomic mass is 10.2. The molecule has 2 atom stereocenters. The van der Waals surface area contributed by atoms with Gasteiger partial charge in [-0.3, -0.25) is 9.48 Å². The molecule has 4 N–H and O–H groups in total. The molecular formula is C11H18N4O3. The molecule has 0 aliphatic carbocycles. The summed E-state index contributed by atoms with van der Waals surface area (Å²) in [6.45, 7) is 2.15. The zero-order valence-electron chi connectivity index (χ0n) is 10.5. The number of carbonyl (C=O) groups is 1. The van der Waals surface area contributed by atoms with Gasteiger partial charge in [0.05, 0.1) is 23.6 Å². The van der Waals surface area contributed by atoms with E-state index in [1.165, 1.54) is 9.58 Å². The highest BCUT2D eigenvalue weighted by molar-refractivity contribution is 5.98. The molecule has 2 rings (SSSR count). The van der Waals surface area contributed by atoms with Gasteiger partial charge in [0, 0.05) is 20.1 Å². The number of nitrogen functional groups attached to an aromatic ring is 1. The molecule has 2 unspecified atom stereocenters. The maximum Gasteiger partial charge on any atom is 0.274 e. The van der Waals surface area contributed by atoms with Gasteiger partial charge in [-0.15, -0.1) is 0 Å². The van der Waals surface area contributed by atoms with Gasteiger partial charge < -0.3 is 20.8 Å². The molecule has 1 aromatic heterocycles. The summed E-state index contributed by atoms with van der Waals surface area (Å²) in [6.07, 6.45) is -1.14. The SMILES string of the molecule is CCc1nn(C)c(C(=O)N2CC(O)C(O)C2)c1N. The first-order valence-electron chi connectivity index (χ1n) is 5.92. The van der Waals surface area contributed by atoms with Crippen molar-refractivity contribution in [2.75, 3.05) is 18.8 Å². The highest BCUT2D eigenvalue weighted by Crippen LogP contribution is 2.21. The predicted octanol–water partition coefficient (Wildman–Crippen LogP) is -1.26. The number of amides is 1. The number of aliphatic hydroxyl groups is 2. The number of aryl methyl sites for hydroxylation is 2. The molecule has 18 heavy (non-hydrogen) atoms. The third-order valence-electron chi connectivity index (χ3n) is 3.24. The van der Waals surface area contributed by atoms with Crippen LogP contribution in [0.5, 0.6) is 0 Å². The average Bonchev–Trinajstić information content (AvgIpc) is 2.80. The van der Waals surface area contributed by atoms with E-state index in [0.29, 0.717) is 23.5 Å². The van der Waals surface area contributed by atoms with Crippen LogP contribution in [-0.2, 0) is 13.5 Å². The number of hydrogen-bond acceptors (Lipinski definition) is 5. The van der Waals surface area contributed by atoms with Gasteiger partial charge in [-0.05, 0) is 6.42 Å². The number of nitrogens with two attached hydrogens (primary N) is 1. The zero-order valence-corrected chi connectivity index (χ0v) is 10.5. The lowest BCUT2D eigenvalue weighted by Crippen LogP contribution is -2.31. The van der Waals surface area contributed by atoms with Gasteiger partial charge in [-0.1, -0.05) is 6.92 Å². The molecule has 0 radical (unpaired) electrons. The molecule has 100 valence electrons. The Kier molecular flexibility index (Phi) is 3.27. The molecule has 1 aromatic rings. The third-order valence-corrected chi connectivity index (χ3v) is 3.24. The zero-order chi connectivity index (χ0) is 13.4. The summed E-state index contributed by atoms with van der Waals surface area (Å²) in [4.78, 5) is 13.7. The Bertz CT molecular complexity index is 461. The van der Waals surface area contributed by atoms with Crippen LogP contribution in [0.25, 0.3) is 0 Å². The summed E-state index contributed by atoms with van der Waals surface area (Å²) in [5, 5.41) is 23.1. The summed E-state index contributed by atoms with van der Waals surface area (Å²) < 4.78 is 1.45. The van der Waals surface area contributed by atoms with Crippen LogP contribution >= 0.6 is 0 Å². The fourth-order valence-electron chi connectivity index (χ4n) is 2.20. The standard InChI is InChI=1S/C11H18N4O3/c1-3-6-9(12)10(14(2)13-6)11(18)15-4-7(16)8(17)5-15/h7-8,16-17H,3-5,12H2,1-2H3. The fraction of sp³-hybridized carbons (Fsp3) is 0.636. The Morgan fingerprint density at radius 3 is 2.44 bits per heavy atom. The number of carbonyl (C=O) groups excluding carboxylic acids is 1. The Morgan fingerprint density at radius 2 is 2.00 bits per heavy atom. The van der Waals surface area contributed by atoms with Crippen LogP contribution in [0.3, 0.4) is 0 Å². The van der Waals surface area contributed by atoms with Crippen LogP contribution in [0.15, 0.2) is 0 Å². The molecule has 1 aliphatic heterocycles. The van der Waals surface area contributed by atoms with E-state index in [1.54, 1.807) is 7.05 Å². The maximum atomic E-state index is 12.3. The van der Waals surface area contributed by atoms with Crippen LogP contribution in [0.1, 0.15) is 23.1 Å². The molecule has 7 nitrogen and oxygen atoms in total. The van der Waals surface area contributed by atoms with Crippen LogP contribution in [0.2, 0.25) is 0 Å². The quantitative estimate of drug-likeness (QED) is 0.611. The van der Waals surface area contributed by atoms with Gasteiger partial charge in [0.25, 0.3) is 5.91 Å². The molecule has 1 saturated heterocycles. The second kappa shape index (κ2) is 4.58. The van der Waals surface area contributed by atoms with Crippen LogP contribution < -0.4 is 5.73 Å². The second-order valence-electron chi connectivity index (χ2n) is 4.53. The van der Waals surface area contributed by atoms with Crippen molar-refractivity contribution in [2.45, 2.75) is 25.6 Å². The lowest BCUT2D eigenvalue weighted by molar-refractivity contribution is 0.0572. The van der Waals surface area contributed by atoms with Crippen molar-refractivity contribution in [1.82, 2.24) is 14.7 Å². The van der Waals surface area contributed by atoms with Crippen LogP contribution in [-0.4, -0.2) is 56.1 Å². The van der Waals surface area contributed by atoms with Gasteiger partial charge in [-0.2, -0.15) is 5.10 Å². The number of rotatable bonds is 2. The molecule has 2 heterocycles. The van der Waals surface area contributed by atoms with Crippen molar-refractivity contribution < 1.29 is 15.0 Å². The Balaban J connectivity index is 2.27. The minimum atomic E-state index is -0.894. The van der Waals surface area contributed by atoms with Crippen molar-refractivity contribution in [3.63, 3.8) is 0 Å². The first kappa shape index (κ1) is 12.8. The molecule has 1 amide bonds. The average molecular weight is 254 g/mol. The van der Waals surface area contributed by atoms with Gasteiger partial charge >= 0.3 is 0 Å². The smallest absolute Gasteiger partial charge is 0.274 e. The van der Waals surface area contributed by atoms with Crippen LogP contribution in [0, 0.1) is 0 Å². The molecule has 0 spiro atoms. The molecule has 1 aliphatic rings. The summed E-state index contributed by atoms with van der Waals surface area (Å²) in [5.74, 6) is -0.308. The number of β-amino-alcohol motifs (C(OH)–C–C–N with tert-alkyl or cyclic N) is 2. The Morgan fingerprint density at radius 1 is 1.44 bits per heavy atom. The van der Waals surface area contributed by atoms with E-state index in [4.69, 9.17) is 5.73 Å². The van der Waals surface area contributed by atoms with Gasteiger partial charge in [0.1, 0.15) is 5.69 Å². The summed E-state index contributed by atoms with van der Waals surface area (Å²) in [5.41, 5.74) is 7.27. The van der Waals surface area contributed by atoms with Gasteiger partial charge in [0.15, 0.2) is 0 Å². The molecule has 1 fully saturated rings. The lowest BCUT2D eigenvalue weighted by Gasteiger charge is -2.15. The van der Waals surface area contributed by atoms with Crippen molar-refractivity contribution in [1.29, 1.82) is 0 Å². The van der Waals surface area contributed by atoms with Gasteiger partial charge in [0.2, 0.25) is 0 Å². The predicted molar refractivity (Wildman–Crippen MR) is 64.9 cm³/mol. The van der Waals surface area contributed by atoms with Crippen LogP contribution in [0.4, 0.5) is 5.69 Å². The maximum absolute atomic E-state index is 12.3. The van der Waals surface area contributed by atoms with Crippen molar-refractivity contribution >= 4 is 11.6 Å². The van der Waals surface area contributed by atoms with Gasteiger partial charge in [-0.25, -0.2) is 0 Å². The number of hydrogen-bond donors (Lipinski definition) is 3. The highest BCUT2D eigenvalue weighted by atomic mass is 16.3. The number of anilines is 1. The number of aromatic nitrogens is 2. The Labute approximate surface area is 105 Å². The topological polar surface area (TPSA) is 105 Å². The minimum absolute atomic E-state index is 0.117. The van der Waals surface area contributed by atoms with E-state index in [1.807, 2.05) is 6.92 Å². The largest absolute Gasteiger partial charge is 0.395 e. The van der Waals surface area contributed by atoms with E-state index in [0.717, 1.165) is 0 Å². The van der Waals surface area contributed by atoms with Crippen molar-refractivity contribution in [2.24, 2.45) is 7.05 Å². The third kappa shape index (κ3) is 1.95. The first-order valence-corrected chi connectivity index (χ1v) is 5.92. The van der Waals surface area contributed by atoms with E-state index < -0.39 is 12.2 Å². The normalized spacial score (nSPS) is 23.7. The summed E-state index contributed by atoms with van der Waals surface area (Å²) >= 11 is 0. The van der Waals surface area contributed by atoms with E-state index in [2.05, 4.69) is 5.10 Å². The molecular weight excluding hydrogens is 236 g/mol. The Hall–Kier alpha value is -1.60. The summed E-state index contributed by atoms with van der Waals surface area (Å²) in [6, 6.07) is 0. The fourth-order valence-corrected chi connectivity index (χ4v) is 2.20. The van der Waals surface area contributed by atoms with E-state index >= 15 is 0 Å². The van der Waals surface area contributed by atoms with E-state index in [-0.39, 0.29) is 19.0 Å².